The second kappa shape index (κ2) is 8.50. The predicted octanol–water partition coefficient (Wildman–Crippen LogP) is 2.85. The fourth-order valence-electron chi connectivity index (χ4n) is 2.96. The summed E-state index contributed by atoms with van der Waals surface area (Å²) in [5.41, 5.74) is -0.606. The van der Waals surface area contributed by atoms with E-state index in [1.54, 1.807) is 20.8 Å². The first-order valence-corrected chi connectivity index (χ1v) is 9.08. The van der Waals surface area contributed by atoms with E-state index < -0.39 is 36.1 Å². The van der Waals surface area contributed by atoms with Gasteiger partial charge >= 0.3 is 12.5 Å². The normalized spacial score (nSPS) is 26.8. The van der Waals surface area contributed by atoms with Gasteiger partial charge in [0, 0.05) is 12.8 Å². The third-order valence-corrected chi connectivity index (χ3v) is 4.40. The van der Waals surface area contributed by atoms with Crippen molar-refractivity contribution >= 4 is 6.09 Å². The smallest absolute Gasteiger partial charge is 0.444 e. The number of aliphatic hydroxyl groups excluding tert-OH is 1. The van der Waals surface area contributed by atoms with Crippen molar-refractivity contribution in [3.8, 4) is 0 Å². The molecule has 0 aromatic carbocycles. The van der Waals surface area contributed by atoms with Crippen LogP contribution >= 0.6 is 0 Å². The van der Waals surface area contributed by atoms with Crippen molar-refractivity contribution in [2.45, 2.75) is 88.9 Å². The number of rotatable bonds is 6. The Labute approximate surface area is 156 Å². The van der Waals surface area contributed by atoms with Crippen molar-refractivity contribution in [2.24, 2.45) is 0 Å². The number of hydrogen-bond donors (Lipinski definition) is 2. The molecule has 158 valence electrons. The molecule has 2 aliphatic rings. The second-order valence-corrected chi connectivity index (χ2v) is 7.98. The molecule has 2 rings (SSSR count). The van der Waals surface area contributed by atoms with E-state index in [-0.39, 0.29) is 32.1 Å². The lowest BCUT2D eigenvalue weighted by Gasteiger charge is -2.42. The third kappa shape index (κ3) is 7.44. The van der Waals surface area contributed by atoms with Gasteiger partial charge in [-0.15, -0.1) is 13.2 Å². The summed E-state index contributed by atoms with van der Waals surface area (Å²) in [4.78, 5) is 11.7. The number of hydrogen-bond acceptors (Lipinski definition) is 6. The fraction of sp³-hybridized carbons (Fsp3) is 0.941. The largest absolute Gasteiger partial charge is 0.524 e. The van der Waals surface area contributed by atoms with E-state index in [0.29, 0.717) is 19.3 Å². The molecule has 1 aliphatic heterocycles. The van der Waals surface area contributed by atoms with Crippen molar-refractivity contribution in [3.05, 3.63) is 0 Å². The monoisotopic (exact) mass is 399 g/mol. The molecule has 0 radical (unpaired) electrons. The SMILES string of the molecule is CC(C)(C)OC(=O)N[C@@H]1CC[C@@H](C(O)COC2(OC(F)(F)F)CCC2)OC1. The van der Waals surface area contributed by atoms with Gasteiger partial charge in [0.1, 0.15) is 11.7 Å². The zero-order valence-corrected chi connectivity index (χ0v) is 15.8. The molecule has 2 fully saturated rings. The lowest BCUT2D eigenvalue weighted by Crippen LogP contribution is -2.50. The highest BCUT2D eigenvalue weighted by Crippen LogP contribution is 2.41. The van der Waals surface area contributed by atoms with Crippen LogP contribution in [0.3, 0.4) is 0 Å². The molecule has 1 saturated carbocycles. The molecular weight excluding hydrogens is 371 g/mol. The summed E-state index contributed by atoms with van der Waals surface area (Å²) in [6.07, 6.45) is -5.18. The molecule has 3 atom stereocenters. The Balaban J connectivity index is 1.72. The fourth-order valence-corrected chi connectivity index (χ4v) is 2.96. The highest BCUT2D eigenvalue weighted by atomic mass is 19.4. The Morgan fingerprint density at radius 2 is 1.96 bits per heavy atom. The van der Waals surface area contributed by atoms with E-state index in [1.807, 2.05) is 0 Å². The van der Waals surface area contributed by atoms with Gasteiger partial charge < -0.3 is 24.6 Å². The summed E-state index contributed by atoms with van der Waals surface area (Å²) in [5.74, 6) is -1.70. The van der Waals surface area contributed by atoms with Crippen molar-refractivity contribution in [1.82, 2.24) is 5.32 Å². The van der Waals surface area contributed by atoms with E-state index in [1.165, 1.54) is 0 Å². The highest BCUT2D eigenvalue weighted by Gasteiger charge is 2.49. The average molecular weight is 399 g/mol. The summed E-state index contributed by atoms with van der Waals surface area (Å²) >= 11 is 0. The van der Waals surface area contributed by atoms with Gasteiger partial charge in [0.25, 0.3) is 0 Å². The molecule has 0 aromatic heterocycles. The lowest BCUT2D eigenvalue weighted by atomic mass is 9.91. The molecule has 1 heterocycles. The number of alkyl carbamates (subject to hydrolysis) is 1. The van der Waals surface area contributed by atoms with E-state index in [4.69, 9.17) is 14.2 Å². The first-order valence-electron chi connectivity index (χ1n) is 9.08. The molecule has 0 bridgehead atoms. The molecule has 7 nitrogen and oxygen atoms in total. The number of halogens is 3. The molecule has 2 N–H and O–H groups in total. The Bertz CT molecular complexity index is 496. The molecule has 1 aliphatic carbocycles. The van der Waals surface area contributed by atoms with E-state index in [0.717, 1.165) is 0 Å². The maximum absolute atomic E-state index is 12.5. The highest BCUT2D eigenvalue weighted by molar-refractivity contribution is 5.68. The third-order valence-electron chi connectivity index (χ3n) is 4.40. The zero-order valence-electron chi connectivity index (χ0n) is 15.8. The Morgan fingerprint density at radius 3 is 2.41 bits per heavy atom. The minimum absolute atomic E-state index is 0.132. The van der Waals surface area contributed by atoms with Gasteiger partial charge in [-0.25, -0.2) is 4.79 Å². The number of amides is 1. The summed E-state index contributed by atoms with van der Waals surface area (Å²) < 4.78 is 57.4. The molecule has 0 aromatic rings. The van der Waals surface area contributed by atoms with Crippen LogP contribution < -0.4 is 5.32 Å². The molecule has 10 heteroatoms. The quantitative estimate of drug-likeness (QED) is 0.668. The van der Waals surface area contributed by atoms with Crippen LogP contribution in [-0.4, -0.2) is 60.4 Å². The van der Waals surface area contributed by atoms with Crippen LogP contribution in [0.4, 0.5) is 18.0 Å². The number of ether oxygens (including phenoxy) is 4. The lowest BCUT2D eigenvalue weighted by molar-refractivity contribution is -0.436. The zero-order chi connectivity index (χ0) is 20.3. The molecular formula is C17H28F3NO6. The van der Waals surface area contributed by atoms with E-state index in [9.17, 15) is 23.1 Å². The minimum Gasteiger partial charge on any atom is -0.444 e. The summed E-state index contributed by atoms with van der Waals surface area (Å²) in [6, 6.07) is -0.254. The van der Waals surface area contributed by atoms with Crippen LogP contribution in [0.1, 0.15) is 52.9 Å². The van der Waals surface area contributed by atoms with Crippen LogP contribution in [0.5, 0.6) is 0 Å². The van der Waals surface area contributed by atoms with Crippen LogP contribution in [0.2, 0.25) is 0 Å². The van der Waals surface area contributed by atoms with Gasteiger partial charge in [-0.1, -0.05) is 0 Å². The topological polar surface area (TPSA) is 86.3 Å². The first-order chi connectivity index (χ1) is 12.4. The Kier molecular flexibility index (Phi) is 6.99. The van der Waals surface area contributed by atoms with Gasteiger partial charge in [-0.3, -0.25) is 4.74 Å². The standard InChI is InChI=1S/C17H28F3NO6/c1-15(2,3)26-14(23)21-11-5-6-13(24-9-11)12(22)10-25-16(7-4-8-16)27-17(18,19)20/h11-13,22H,4-10H2,1-3H3,(H,21,23)/t11-,12?,13+/m1/s1. The average Bonchev–Trinajstić information content (AvgIpc) is 2.47. The van der Waals surface area contributed by atoms with Gasteiger partial charge in [-0.05, 0) is 40.0 Å². The van der Waals surface area contributed by atoms with Crippen LogP contribution in [0, 0.1) is 0 Å². The second-order valence-electron chi connectivity index (χ2n) is 7.98. The molecule has 1 amide bonds. The Hall–Kier alpha value is -1.10. The molecule has 0 spiro atoms. The number of alkyl halides is 3. The first kappa shape index (κ1) is 22.2. The maximum atomic E-state index is 12.5. The summed E-state index contributed by atoms with van der Waals surface area (Å²) in [7, 11) is 0. The molecule has 1 saturated heterocycles. The van der Waals surface area contributed by atoms with Gasteiger partial charge in [0.15, 0.2) is 5.79 Å². The maximum Gasteiger partial charge on any atom is 0.524 e. The van der Waals surface area contributed by atoms with Crippen LogP contribution in [0.25, 0.3) is 0 Å². The number of carbonyl (C=O) groups excluding carboxylic acids is 1. The van der Waals surface area contributed by atoms with Crippen molar-refractivity contribution in [2.75, 3.05) is 13.2 Å². The summed E-state index contributed by atoms with van der Waals surface area (Å²) in [5, 5.41) is 12.9. The van der Waals surface area contributed by atoms with Gasteiger partial charge in [0.2, 0.25) is 0 Å². The molecule has 27 heavy (non-hydrogen) atoms. The van der Waals surface area contributed by atoms with Gasteiger partial charge in [-0.2, -0.15) is 0 Å². The van der Waals surface area contributed by atoms with Crippen molar-refractivity contribution in [1.29, 1.82) is 0 Å². The van der Waals surface area contributed by atoms with Crippen LogP contribution in [0.15, 0.2) is 0 Å². The number of carbonyl (C=O) groups is 1. The molecule has 1 unspecified atom stereocenters. The van der Waals surface area contributed by atoms with Crippen molar-refractivity contribution < 1.29 is 42.0 Å². The van der Waals surface area contributed by atoms with Crippen LogP contribution in [-0.2, 0) is 18.9 Å². The van der Waals surface area contributed by atoms with E-state index in [2.05, 4.69) is 10.1 Å². The van der Waals surface area contributed by atoms with Gasteiger partial charge in [0.05, 0.1) is 25.4 Å². The number of aliphatic hydroxyl groups is 1. The summed E-state index contributed by atoms with van der Waals surface area (Å²) in [6.45, 7) is 5.13. The van der Waals surface area contributed by atoms with E-state index >= 15 is 0 Å². The van der Waals surface area contributed by atoms with Crippen molar-refractivity contribution in [3.63, 3.8) is 0 Å². The predicted molar refractivity (Wildman–Crippen MR) is 87.8 cm³/mol. The number of nitrogens with one attached hydrogen (secondary N) is 1. The minimum atomic E-state index is -4.78. The Morgan fingerprint density at radius 1 is 1.30 bits per heavy atom.